The Kier molecular flexibility index (Phi) is 5.22. The van der Waals surface area contributed by atoms with Gasteiger partial charge in [-0.2, -0.15) is 0 Å². The lowest BCUT2D eigenvalue weighted by Gasteiger charge is -2.43. The lowest BCUT2D eigenvalue weighted by molar-refractivity contribution is -0.0779. The lowest BCUT2D eigenvalue weighted by atomic mass is 10.0. The van der Waals surface area contributed by atoms with Crippen molar-refractivity contribution in [2.45, 2.75) is 44.9 Å². The third-order valence-corrected chi connectivity index (χ3v) is 3.89. The van der Waals surface area contributed by atoms with Crippen molar-refractivity contribution in [3.63, 3.8) is 0 Å². The highest BCUT2D eigenvalue weighted by Crippen LogP contribution is 2.18. The zero-order chi connectivity index (χ0) is 12.1. The second-order valence-corrected chi connectivity index (χ2v) is 4.99. The molecule has 3 unspecified atom stereocenters. The molecule has 2 rings (SSSR count). The van der Waals surface area contributed by atoms with Crippen molar-refractivity contribution in [1.29, 1.82) is 0 Å². The molecule has 0 radical (unpaired) electrons. The van der Waals surface area contributed by atoms with Crippen molar-refractivity contribution in [3.05, 3.63) is 0 Å². The van der Waals surface area contributed by atoms with Crippen LogP contribution in [0.4, 0.5) is 0 Å². The molecular formula is C13H26N2O2. The molecule has 0 saturated carbocycles. The summed E-state index contributed by atoms with van der Waals surface area (Å²) in [6.45, 7) is 10.2. The Labute approximate surface area is 105 Å². The number of rotatable bonds is 4. The summed E-state index contributed by atoms with van der Waals surface area (Å²) in [4.78, 5) is 2.56. The van der Waals surface area contributed by atoms with Crippen LogP contribution in [0.25, 0.3) is 0 Å². The predicted octanol–water partition coefficient (Wildman–Crippen LogP) is 0.864. The van der Waals surface area contributed by atoms with E-state index in [1.807, 2.05) is 0 Å². The molecule has 100 valence electrons. The largest absolute Gasteiger partial charge is 0.380 e. The van der Waals surface area contributed by atoms with Crippen LogP contribution in [0, 0.1) is 0 Å². The highest BCUT2D eigenvalue weighted by molar-refractivity contribution is 4.89. The zero-order valence-electron chi connectivity index (χ0n) is 11.2. The van der Waals surface area contributed by atoms with Crippen LogP contribution in [0.15, 0.2) is 0 Å². The number of likely N-dealkylation sites (N-methyl/N-ethyl adjacent to an activating group) is 1. The number of ether oxygens (including phenoxy) is 2. The molecule has 4 heteroatoms. The van der Waals surface area contributed by atoms with Crippen LogP contribution in [0.3, 0.4) is 0 Å². The first kappa shape index (κ1) is 13.3. The third kappa shape index (κ3) is 3.41. The molecule has 3 atom stereocenters. The van der Waals surface area contributed by atoms with Gasteiger partial charge in [0, 0.05) is 31.8 Å². The lowest BCUT2D eigenvalue weighted by Crippen LogP contribution is -2.59. The van der Waals surface area contributed by atoms with Crippen molar-refractivity contribution in [1.82, 2.24) is 10.2 Å². The number of nitrogens with zero attached hydrogens (tertiary/aromatic N) is 1. The smallest absolute Gasteiger partial charge is 0.0700 e. The van der Waals surface area contributed by atoms with E-state index in [1.165, 1.54) is 0 Å². The number of hydrogen-bond donors (Lipinski definition) is 1. The molecule has 4 nitrogen and oxygen atoms in total. The van der Waals surface area contributed by atoms with Crippen LogP contribution in [0.1, 0.15) is 26.7 Å². The summed E-state index contributed by atoms with van der Waals surface area (Å²) in [6, 6.07) is 1.12. The van der Waals surface area contributed by atoms with Crippen molar-refractivity contribution >= 4 is 0 Å². The van der Waals surface area contributed by atoms with Gasteiger partial charge in [-0.15, -0.1) is 0 Å². The van der Waals surface area contributed by atoms with Crippen LogP contribution in [-0.4, -0.2) is 62.5 Å². The van der Waals surface area contributed by atoms with Crippen LogP contribution >= 0.6 is 0 Å². The molecule has 0 aromatic carbocycles. The second kappa shape index (κ2) is 6.69. The highest BCUT2D eigenvalue weighted by Gasteiger charge is 2.33. The maximum Gasteiger partial charge on any atom is 0.0700 e. The minimum Gasteiger partial charge on any atom is -0.380 e. The van der Waals surface area contributed by atoms with Gasteiger partial charge in [0.2, 0.25) is 0 Å². The van der Waals surface area contributed by atoms with Crippen molar-refractivity contribution < 1.29 is 9.47 Å². The van der Waals surface area contributed by atoms with Gasteiger partial charge in [0.25, 0.3) is 0 Å². The van der Waals surface area contributed by atoms with E-state index in [0.717, 1.165) is 52.3 Å². The van der Waals surface area contributed by atoms with Crippen LogP contribution in [0.5, 0.6) is 0 Å². The molecular weight excluding hydrogens is 216 g/mol. The molecule has 0 aromatic heterocycles. The average Bonchev–Trinajstić information content (AvgIpc) is 2.40. The molecule has 17 heavy (non-hydrogen) atoms. The van der Waals surface area contributed by atoms with E-state index in [1.54, 1.807) is 0 Å². The van der Waals surface area contributed by atoms with E-state index in [9.17, 15) is 0 Å². The minimum absolute atomic E-state index is 0.410. The highest BCUT2D eigenvalue weighted by atomic mass is 16.5. The molecule has 2 fully saturated rings. The Morgan fingerprint density at radius 3 is 2.94 bits per heavy atom. The fraction of sp³-hybridized carbons (Fsp3) is 1.00. The van der Waals surface area contributed by atoms with E-state index in [-0.39, 0.29) is 0 Å². The number of hydrogen-bond acceptors (Lipinski definition) is 4. The van der Waals surface area contributed by atoms with Gasteiger partial charge >= 0.3 is 0 Å². The summed E-state index contributed by atoms with van der Waals surface area (Å²) in [7, 11) is 0. The van der Waals surface area contributed by atoms with Gasteiger partial charge in [0.15, 0.2) is 0 Å². The van der Waals surface area contributed by atoms with E-state index in [4.69, 9.17) is 9.47 Å². The van der Waals surface area contributed by atoms with Gasteiger partial charge in [-0.1, -0.05) is 13.8 Å². The molecule has 1 N–H and O–H groups in total. The van der Waals surface area contributed by atoms with Gasteiger partial charge < -0.3 is 14.8 Å². The molecule has 0 amide bonds. The molecule has 2 heterocycles. The maximum absolute atomic E-state index is 5.74. The molecule has 0 spiro atoms. The fourth-order valence-electron chi connectivity index (χ4n) is 2.87. The quantitative estimate of drug-likeness (QED) is 0.793. The Morgan fingerprint density at radius 1 is 1.29 bits per heavy atom. The third-order valence-electron chi connectivity index (χ3n) is 3.89. The number of nitrogens with one attached hydrogen (secondary N) is 1. The summed E-state index contributed by atoms with van der Waals surface area (Å²) in [5.41, 5.74) is 0. The monoisotopic (exact) mass is 242 g/mol. The number of morpholine rings is 1. The van der Waals surface area contributed by atoms with E-state index in [0.29, 0.717) is 18.2 Å². The predicted molar refractivity (Wildman–Crippen MR) is 68.3 cm³/mol. The van der Waals surface area contributed by atoms with Crippen LogP contribution in [0.2, 0.25) is 0 Å². The molecule has 2 saturated heterocycles. The summed E-state index contributed by atoms with van der Waals surface area (Å²) in [6.07, 6.45) is 2.65. The van der Waals surface area contributed by atoms with Gasteiger partial charge in [-0.05, 0) is 19.4 Å². The van der Waals surface area contributed by atoms with Crippen molar-refractivity contribution in [2.24, 2.45) is 0 Å². The van der Waals surface area contributed by atoms with E-state index in [2.05, 4.69) is 24.1 Å². The second-order valence-electron chi connectivity index (χ2n) is 4.99. The first-order chi connectivity index (χ1) is 8.35. The average molecular weight is 242 g/mol. The summed E-state index contributed by atoms with van der Waals surface area (Å²) < 4.78 is 11.4. The molecule has 0 bridgehead atoms. The molecule has 0 aromatic rings. The fourth-order valence-corrected chi connectivity index (χ4v) is 2.87. The maximum atomic E-state index is 5.74. The normalized spacial score (nSPS) is 36.0. The topological polar surface area (TPSA) is 33.7 Å². The summed E-state index contributed by atoms with van der Waals surface area (Å²) >= 11 is 0. The van der Waals surface area contributed by atoms with Gasteiger partial charge in [0.1, 0.15) is 0 Å². The first-order valence-electron chi connectivity index (χ1n) is 7.02. The molecule has 2 aliphatic rings. The first-order valence-corrected chi connectivity index (χ1v) is 7.02. The Balaban J connectivity index is 1.92. The molecule has 0 aliphatic carbocycles. The standard InChI is InChI=1S/C13H26N2O2/c1-3-11-9-15(6-8-17-11)13-10-16-7-5-12(13)14-4-2/h11-14H,3-10H2,1-2H3. The van der Waals surface area contributed by atoms with Crippen molar-refractivity contribution in [3.8, 4) is 0 Å². The Morgan fingerprint density at radius 2 is 2.18 bits per heavy atom. The summed E-state index contributed by atoms with van der Waals surface area (Å²) in [5.74, 6) is 0. The van der Waals surface area contributed by atoms with E-state index < -0.39 is 0 Å². The Bertz CT molecular complexity index is 223. The van der Waals surface area contributed by atoms with Crippen LogP contribution in [-0.2, 0) is 9.47 Å². The van der Waals surface area contributed by atoms with Gasteiger partial charge in [0.05, 0.1) is 19.3 Å². The van der Waals surface area contributed by atoms with E-state index >= 15 is 0 Å². The van der Waals surface area contributed by atoms with Crippen LogP contribution < -0.4 is 5.32 Å². The van der Waals surface area contributed by atoms with Gasteiger partial charge in [-0.3, -0.25) is 4.90 Å². The van der Waals surface area contributed by atoms with Gasteiger partial charge in [-0.25, -0.2) is 0 Å². The zero-order valence-corrected chi connectivity index (χ0v) is 11.2. The SMILES string of the molecule is CCNC1CCOCC1N1CCOC(CC)C1. The molecule has 2 aliphatic heterocycles. The minimum atomic E-state index is 0.410. The Hall–Kier alpha value is -0.160. The van der Waals surface area contributed by atoms with Crippen molar-refractivity contribution in [2.75, 3.05) is 39.5 Å². The summed E-state index contributed by atoms with van der Waals surface area (Å²) in [5, 5.41) is 3.60.